The summed E-state index contributed by atoms with van der Waals surface area (Å²) in [7, 11) is 0. The van der Waals surface area contributed by atoms with Crippen LogP contribution in [0.25, 0.3) is 0 Å². The van der Waals surface area contributed by atoms with Crippen LogP contribution in [0, 0.1) is 6.92 Å². The fourth-order valence-electron chi connectivity index (χ4n) is 2.02. The highest BCUT2D eigenvalue weighted by atomic mass is 35.5. The monoisotopic (exact) mass is 294 g/mol. The van der Waals surface area contributed by atoms with E-state index in [1.54, 1.807) is 11.3 Å². The van der Waals surface area contributed by atoms with E-state index >= 15 is 0 Å². The standard InChI is InChI=1S/C15H19ClN2S/c1-3-6-18-13(9-12-4-7-17-8-5-12)15-14(16)11(2)10-19-15/h4-5,7-8,10,13,18H,3,6,9H2,1-2H3. The van der Waals surface area contributed by atoms with Gasteiger partial charge in [-0.3, -0.25) is 4.98 Å². The molecule has 1 N–H and O–H groups in total. The van der Waals surface area contributed by atoms with E-state index < -0.39 is 0 Å². The molecule has 2 nitrogen and oxygen atoms in total. The summed E-state index contributed by atoms with van der Waals surface area (Å²) < 4.78 is 0. The highest BCUT2D eigenvalue weighted by Crippen LogP contribution is 2.34. The third-order valence-corrected chi connectivity index (χ3v) is 4.90. The van der Waals surface area contributed by atoms with Crippen molar-refractivity contribution in [3.05, 3.63) is 50.9 Å². The third kappa shape index (κ3) is 3.78. The van der Waals surface area contributed by atoms with E-state index in [0.29, 0.717) is 0 Å². The zero-order valence-electron chi connectivity index (χ0n) is 11.3. The van der Waals surface area contributed by atoms with Crippen molar-refractivity contribution in [2.75, 3.05) is 6.54 Å². The number of nitrogens with one attached hydrogen (secondary N) is 1. The van der Waals surface area contributed by atoms with Gasteiger partial charge in [0.25, 0.3) is 0 Å². The van der Waals surface area contributed by atoms with E-state index in [4.69, 9.17) is 11.6 Å². The quantitative estimate of drug-likeness (QED) is 0.855. The van der Waals surface area contributed by atoms with E-state index in [9.17, 15) is 0 Å². The lowest BCUT2D eigenvalue weighted by Crippen LogP contribution is -2.23. The number of halogens is 1. The van der Waals surface area contributed by atoms with Crippen LogP contribution < -0.4 is 5.32 Å². The summed E-state index contributed by atoms with van der Waals surface area (Å²) in [5.74, 6) is 0. The second kappa shape index (κ2) is 7.04. The number of aromatic nitrogens is 1. The molecular formula is C15H19ClN2S. The second-order valence-corrected chi connectivity index (χ2v) is 5.95. The fraction of sp³-hybridized carbons (Fsp3) is 0.400. The maximum atomic E-state index is 6.41. The van der Waals surface area contributed by atoms with Crippen molar-refractivity contribution >= 4 is 22.9 Å². The number of nitrogens with zero attached hydrogens (tertiary/aromatic N) is 1. The van der Waals surface area contributed by atoms with Gasteiger partial charge in [-0.05, 0) is 54.9 Å². The molecule has 0 aliphatic carbocycles. The van der Waals surface area contributed by atoms with Crippen LogP contribution in [0.3, 0.4) is 0 Å². The first-order valence-corrected chi connectivity index (χ1v) is 7.84. The Hall–Kier alpha value is -0.900. The Labute approximate surface area is 123 Å². The maximum absolute atomic E-state index is 6.41. The summed E-state index contributed by atoms with van der Waals surface area (Å²) >= 11 is 8.15. The van der Waals surface area contributed by atoms with Crippen LogP contribution in [-0.4, -0.2) is 11.5 Å². The van der Waals surface area contributed by atoms with E-state index in [2.05, 4.69) is 41.7 Å². The average molecular weight is 295 g/mol. The third-order valence-electron chi connectivity index (χ3n) is 3.07. The second-order valence-electron chi connectivity index (χ2n) is 4.66. The van der Waals surface area contributed by atoms with E-state index in [0.717, 1.165) is 24.4 Å². The number of aryl methyl sites for hydroxylation is 1. The Morgan fingerprint density at radius 2 is 2.11 bits per heavy atom. The summed E-state index contributed by atoms with van der Waals surface area (Å²) in [4.78, 5) is 5.31. The summed E-state index contributed by atoms with van der Waals surface area (Å²) in [6, 6.07) is 4.41. The minimum absolute atomic E-state index is 0.286. The molecule has 1 unspecified atom stereocenters. The predicted octanol–water partition coefficient (Wildman–Crippen LogP) is 4.39. The number of hydrogen-bond donors (Lipinski definition) is 1. The van der Waals surface area contributed by atoms with Crippen LogP contribution in [0.2, 0.25) is 5.02 Å². The van der Waals surface area contributed by atoms with Crippen molar-refractivity contribution in [3.8, 4) is 0 Å². The lowest BCUT2D eigenvalue weighted by molar-refractivity contribution is 0.536. The van der Waals surface area contributed by atoms with E-state index in [1.807, 2.05) is 12.4 Å². The van der Waals surface area contributed by atoms with Crippen molar-refractivity contribution in [1.82, 2.24) is 10.3 Å². The average Bonchev–Trinajstić information content (AvgIpc) is 2.76. The minimum atomic E-state index is 0.286. The predicted molar refractivity (Wildman–Crippen MR) is 83.0 cm³/mol. The highest BCUT2D eigenvalue weighted by Gasteiger charge is 2.17. The summed E-state index contributed by atoms with van der Waals surface area (Å²) in [5.41, 5.74) is 2.45. The zero-order chi connectivity index (χ0) is 13.7. The normalized spacial score (nSPS) is 12.6. The fourth-order valence-corrected chi connectivity index (χ4v) is 3.42. The van der Waals surface area contributed by atoms with Gasteiger partial charge in [-0.2, -0.15) is 0 Å². The molecule has 2 aromatic heterocycles. The molecule has 2 rings (SSSR count). The number of rotatable bonds is 6. The largest absolute Gasteiger partial charge is 0.309 e. The lowest BCUT2D eigenvalue weighted by atomic mass is 10.1. The van der Waals surface area contributed by atoms with Crippen LogP contribution in [0.15, 0.2) is 29.9 Å². The SMILES string of the molecule is CCCNC(Cc1ccncc1)c1scc(C)c1Cl. The first-order chi connectivity index (χ1) is 9.22. The van der Waals surface area contributed by atoms with Gasteiger partial charge in [0.1, 0.15) is 0 Å². The molecular weight excluding hydrogens is 276 g/mol. The zero-order valence-corrected chi connectivity index (χ0v) is 12.9. The maximum Gasteiger partial charge on any atom is 0.0590 e. The molecule has 0 aromatic carbocycles. The molecule has 0 saturated heterocycles. The van der Waals surface area contributed by atoms with Crippen molar-refractivity contribution in [1.29, 1.82) is 0 Å². The van der Waals surface area contributed by atoms with Crippen molar-refractivity contribution in [3.63, 3.8) is 0 Å². The number of hydrogen-bond acceptors (Lipinski definition) is 3. The van der Waals surface area contributed by atoms with Gasteiger partial charge in [0.2, 0.25) is 0 Å². The van der Waals surface area contributed by atoms with Gasteiger partial charge in [-0.15, -0.1) is 11.3 Å². The lowest BCUT2D eigenvalue weighted by Gasteiger charge is -2.18. The molecule has 0 spiro atoms. The Morgan fingerprint density at radius 1 is 1.37 bits per heavy atom. The smallest absolute Gasteiger partial charge is 0.0590 e. The molecule has 0 fully saturated rings. The Balaban J connectivity index is 2.18. The van der Waals surface area contributed by atoms with Crippen molar-refractivity contribution < 1.29 is 0 Å². The molecule has 0 radical (unpaired) electrons. The Morgan fingerprint density at radius 3 is 2.68 bits per heavy atom. The summed E-state index contributed by atoms with van der Waals surface area (Å²) in [6.45, 7) is 5.24. The first kappa shape index (κ1) is 14.5. The van der Waals surface area contributed by atoms with Crippen molar-refractivity contribution in [2.45, 2.75) is 32.7 Å². The highest BCUT2D eigenvalue weighted by molar-refractivity contribution is 7.10. The minimum Gasteiger partial charge on any atom is -0.309 e. The van der Waals surface area contributed by atoms with Gasteiger partial charge >= 0.3 is 0 Å². The molecule has 2 aromatic rings. The van der Waals surface area contributed by atoms with Crippen LogP contribution >= 0.6 is 22.9 Å². The van der Waals surface area contributed by atoms with Crippen LogP contribution in [0.1, 0.15) is 35.4 Å². The molecule has 0 aliphatic rings. The van der Waals surface area contributed by atoms with E-state index in [1.165, 1.54) is 16.0 Å². The number of thiophene rings is 1. The van der Waals surface area contributed by atoms with Crippen LogP contribution in [0.5, 0.6) is 0 Å². The summed E-state index contributed by atoms with van der Waals surface area (Å²) in [6.07, 6.45) is 5.75. The van der Waals surface area contributed by atoms with Crippen molar-refractivity contribution in [2.24, 2.45) is 0 Å². The molecule has 102 valence electrons. The van der Waals surface area contributed by atoms with Gasteiger partial charge in [0.05, 0.1) is 5.02 Å². The first-order valence-electron chi connectivity index (χ1n) is 6.58. The van der Waals surface area contributed by atoms with Gasteiger partial charge in [0, 0.05) is 23.3 Å². The number of pyridine rings is 1. The molecule has 2 heterocycles. The Kier molecular flexibility index (Phi) is 5.37. The van der Waals surface area contributed by atoms with Crippen LogP contribution in [0.4, 0.5) is 0 Å². The molecule has 0 bridgehead atoms. The van der Waals surface area contributed by atoms with Gasteiger partial charge in [0.15, 0.2) is 0 Å². The molecule has 1 atom stereocenters. The Bertz CT molecular complexity index is 510. The van der Waals surface area contributed by atoms with Gasteiger partial charge in [-0.1, -0.05) is 18.5 Å². The molecule has 0 aliphatic heterocycles. The summed E-state index contributed by atoms with van der Waals surface area (Å²) in [5, 5.41) is 6.63. The van der Waals surface area contributed by atoms with Gasteiger partial charge in [-0.25, -0.2) is 0 Å². The molecule has 19 heavy (non-hydrogen) atoms. The van der Waals surface area contributed by atoms with E-state index in [-0.39, 0.29) is 6.04 Å². The molecule has 0 saturated carbocycles. The molecule has 0 amide bonds. The van der Waals surface area contributed by atoms with Gasteiger partial charge < -0.3 is 5.32 Å². The topological polar surface area (TPSA) is 24.9 Å². The van der Waals surface area contributed by atoms with Crippen LogP contribution in [-0.2, 0) is 6.42 Å². The molecule has 4 heteroatoms.